The molecule has 9 nitrogen and oxygen atoms in total. The van der Waals surface area contributed by atoms with E-state index in [1.54, 1.807) is 12.3 Å². The number of likely N-dealkylation sites (N-methyl/N-ethyl adjacent to an activating group) is 1. The number of nitrogens with zero attached hydrogens (tertiary/aromatic N) is 4. The highest BCUT2D eigenvalue weighted by Crippen LogP contribution is 2.18. The van der Waals surface area contributed by atoms with Crippen LogP contribution in [0.1, 0.15) is 0 Å². The summed E-state index contributed by atoms with van der Waals surface area (Å²) in [6, 6.07) is 9.25. The van der Waals surface area contributed by atoms with Crippen LogP contribution in [-0.4, -0.2) is 60.5 Å². The molecule has 2 heterocycles. The SMILES string of the molecule is CN1CCN(c2ccc(NC(=O)COc3ccc([N+](=O)[O-])cc3)nc2)CC1. The number of piperazine rings is 1. The fourth-order valence-electron chi connectivity index (χ4n) is 2.70. The number of carbonyl (C=O) groups is 1. The van der Waals surface area contributed by atoms with Gasteiger partial charge in [0, 0.05) is 38.3 Å². The van der Waals surface area contributed by atoms with E-state index in [1.807, 2.05) is 6.07 Å². The lowest BCUT2D eigenvalue weighted by Gasteiger charge is -2.33. The Balaban J connectivity index is 1.48. The minimum Gasteiger partial charge on any atom is -0.484 e. The van der Waals surface area contributed by atoms with Crippen LogP contribution >= 0.6 is 0 Å². The number of non-ortho nitro benzene ring substituents is 1. The van der Waals surface area contributed by atoms with Crippen molar-refractivity contribution in [2.75, 3.05) is 50.1 Å². The summed E-state index contributed by atoms with van der Waals surface area (Å²) < 4.78 is 5.33. The second-order valence-corrected chi connectivity index (χ2v) is 6.28. The highest BCUT2D eigenvalue weighted by Gasteiger charge is 2.14. The van der Waals surface area contributed by atoms with Crippen molar-refractivity contribution in [1.82, 2.24) is 9.88 Å². The van der Waals surface area contributed by atoms with Crippen LogP contribution in [-0.2, 0) is 4.79 Å². The average Bonchev–Trinajstić information content (AvgIpc) is 2.68. The van der Waals surface area contributed by atoms with E-state index in [4.69, 9.17) is 4.74 Å². The van der Waals surface area contributed by atoms with Crippen molar-refractivity contribution < 1.29 is 14.5 Å². The number of hydrogen-bond acceptors (Lipinski definition) is 7. The van der Waals surface area contributed by atoms with Gasteiger partial charge in [-0.05, 0) is 31.3 Å². The molecule has 0 radical (unpaired) electrons. The Bertz CT molecular complexity index is 786. The van der Waals surface area contributed by atoms with Crippen LogP contribution < -0.4 is 15.0 Å². The normalized spacial score (nSPS) is 14.6. The van der Waals surface area contributed by atoms with Gasteiger partial charge < -0.3 is 19.9 Å². The summed E-state index contributed by atoms with van der Waals surface area (Å²) in [5.41, 5.74) is 1.000. The van der Waals surface area contributed by atoms with Gasteiger partial charge in [0.15, 0.2) is 6.61 Å². The Kier molecular flexibility index (Phi) is 5.82. The molecule has 2 aromatic rings. The minimum atomic E-state index is -0.492. The van der Waals surface area contributed by atoms with Gasteiger partial charge in [-0.3, -0.25) is 14.9 Å². The quantitative estimate of drug-likeness (QED) is 0.610. The third kappa shape index (κ3) is 5.14. The second kappa shape index (κ2) is 8.45. The number of benzene rings is 1. The van der Waals surface area contributed by atoms with E-state index in [0.29, 0.717) is 11.6 Å². The van der Waals surface area contributed by atoms with Crippen molar-refractivity contribution in [3.05, 3.63) is 52.7 Å². The molecule has 0 atom stereocenters. The molecule has 27 heavy (non-hydrogen) atoms. The van der Waals surface area contributed by atoms with Crippen molar-refractivity contribution in [2.24, 2.45) is 0 Å². The number of nitro groups is 1. The number of nitro benzene ring substituents is 1. The Labute approximate surface area is 156 Å². The smallest absolute Gasteiger partial charge is 0.269 e. The highest BCUT2D eigenvalue weighted by atomic mass is 16.6. The second-order valence-electron chi connectivity index (χ2n) is 6.28. The van der Waals surface area contributed by atoms with Crippen LogP contribution in [0.25, 0.3) is 0 Å². The van der Waals surface area contributed by atoms with Crippen molar-refractivity contribution in [3.63, 3.8) is 0 Å². The summed E-state index contributed by atoms with van der Waals surface area (Å²) in [5, 5.41) is 13.3. The maximum absolute atomic E-state index is 12.0. The van der Waals surface area contributed by atoms with Gasteiger partial charge >= 0.3 is 0 Å². The number of amides is 1. The molecule has 0 bridgehead atoms. The van der Waals surface area contributed by atoms with Crippen LogP contribution in [0.15, 0.2) is 42.6 Å². The van der Waals surface area contributed by atoms with E-state index < -0.39 is 4.92 Å². The number of nitrogens with one attached hydrogen (secondary N) is 1. The van der Waals surface area contributed by atoms with Gasteiger partial charge in [-0.15, -0.1) is 0 Å². The maximum atomic E-state index is 12.0. The molecule has 0 saturated carbocycles. The summed E-state index contributed by atoms with van der Waals surface area (Å²) in [7, 11) is 2.10. The summed E-state index contributed by atoms with van der Waals surface area (Å²) >= 11 is 0. The lowest BCUT2D eigenvalue weighted by molar-refractivity contribution is -0.384. The molecular weight excluding hydrogens is 350 g/mol. The molecule has 1 amide bonds. The van der Waals surface area contributed by atoms with Crippen molar-refractivity contribution in [1.29, 1.82) is 0 Å². The molecule has 0 spiro atoms. The van der Waals surface area contributed by atoms with Crippen LogP contribution in [0, 0.1) is 10.1 Å². The first-order valence-corrected chi connectivity index (χ1v) is 8.58. The molecule has 1 aliphatic heterocycles. The molecule has 1 fully saturated rings. The fourth-order valence-corrected chi connectivity index (χ4v) is 2.70. The topological polar surface area (TPSA) is 101 Å². The molecule has 1 aliphatic rings. The Morgan fingerprint density at radius 2 is 1.89 bits per heavy atom. The number of rotatable bonds is 6. The molecule has 0 aliphatic carbocycles. The molecular formula is C18H21N5O4. The third-order valence-electron chi connectivity index (χ3n) is 4.30. The number of ether oxygens (including phenoxy) is 1. The first-order chi connectivity index (χ1) is 13.0. The predicted molar refractivity (Wildman–Crippen MR) is 101 cm³/mol. The Morgan fingerprint density at radius 1 is 1.19 bits per heavy atom. The van der Waals surface area contributed by atoms with Gasteiger partial charge in [-0.25, -0.2) is 4.98 Å². The number of hydrogen-bond donors (Lipinski definition) is 1. The average molecular weight is 371 g/mol. The van der Waals surface area contributed by atoms with Gasteiger partial charge in [0.05, 0.1) is 16.8 Å². The maximum Gasteiger partial charge on any atom is 0.269 e. The monoisotopic (exact) mass is 371 g/mol. The molecule has 1 saturated heterocycles. The molecule has 1 aromatic heterocycles. The molecule has 3 rings (SSSR count). The van der Waals surface area contributed by atoms with E-state index in [9.17, 15) is 14.9 Å². The van der Waals surface area contributed by atoms with Crippen molar-refractivity contribution in [2.45, 2.75) is 0 Å². The lowest BCUT2D eigenvalue weighted by Crippen LogP contribution is -2.44. The number of carbonyl (C=O) groups excluding carboxylic acids is 1. The lowest BCUT2D eigenvalue weighted by atomic mass is 10.3. The van der Waals surface area contributed by atoms with Crippen molar-refractivity contribution >= 4 is 23.1 Å². The van der Waals surface area contributed by atoms with Gasteiger partial charge in [-0.2, -0.15) is 0 Å². The molecule has 9 heteroatoms. The van der Waals surface area contributed by atoms with Crippen LogP contribution in [0.3, 0.4) is 0 Å². The Morgan fingerprint density at radius 3 is 2.48 bits per heavy atom. The van der Waals surface area contributed by atoms with Gasteiger partial charge in [-0.1, -0.05) is 0 Å². The van der Waals surface area contributed by atoms with E-state index >= 15 is 0 Å². The zero-order chi connectivity index (χ0) is 19.2. The number of aromatic nitrogens is 1. The first-order valence-electron chi connectivity index (χ1n) is 8.58. The molecule has 1 N–H and O–H groups in total. The largest absolute Gasteiger partial charge is 0.484 e. The van der Waals surface area contributed by atoms with E-state index in [0.717, 1.165) is 31.9 Å². The summed E-state index contributed by atoms with van der Waals surface area (Å²) in [6.45, 7) is 3.72. The van der Waals surface area contributed by atoms with E-state index in [2.05, 4.69) is 27.1 Å². The summed E-state index contributed by atoms with van der Waals surface area (Å²) in [6.07, 6.45) is 1.75. The van der Waals surface area contributed by atoms with Gasteiger partial charge in [0.1, 0.15) is 11.6 Å². The predicted octanol–water partition coefficient (Wildman–Crippen LogP) is 1.76. The van der Waals surface area contributed by atoms with Crippen LogP contribution in [0.2, 0.25) is 0 Å². The molecule has 0 unspecified atom stereocenters. The molecule has 142 valence electrons. The van der Waals surface area contributed by atoms with E-state index in [1.165, 1.54) is 24.3 Å². The minimum absolute atomic E-state index is 0.0311. The van der Waals surface area contributed by atoms with Gasteiger partial charge in [0.2, 0.25) is 0 Å². The first kappa shape index (κ1) is 18.6. The highest BCUT2D eigenvalue weighted by molar-refractivity contribution is 5.91. The van der Waals surface area contributed by atoms with Gasteiger partial charge in [0.25, 0.3) is 11.6 Å². The van der Waals surface area contributed by atoms with Crippen molar-refractivity contribution in [3.8, 4) is 5.75 Å². The zero-order valence-corrected chi connectivity index (χ0v) is 15.0. The van der Waals surface area contributed by atoms with Crippen LogP contribution in [0.5, 0.6) is 5.75 Å². The Hall–Kier alpha value is -3.20. The fraction of sp³-hybridized carbons (Fsp3) is 0.333. The number of anilines is 2. The standard InChI is InChI=1S/C18H21N5O4/c1-21-8-10-22(11-9-21)15-4-7-17(19-12-15)20-18(24)13-27-16-5-2-14(3-6-16)23(25)26/h2-7,12H,8-11,13H2,1H3,(H,19,20,24). The molecule has 1 aromatic carbocycles. The summed E-state index contributed by atoms with van der Waals surface area (Å²) in [4.78, 5) is 30.9. The van der Waals surface area contributed by atoms with Crippen LogP contribution in [0.4, 0.5) is 17.2 Å². The number of pyridine rings is 1. The summed E-state index contributed by atoms with van der Waals surface area (Å²) in [5.74, 6) is 0.479. The van der Waals surface area contributed by atoms with E-state index in [-0.39, 0.29) is 18.2 Å². The third-order valence-corrected chi connectivity index (χ3v) is 4.30. The zero-order valence-electron chi connectivity index (χ0n) is 15.0.